The van der Waals surface area contributed by atoms with Crippen molar-refractivity contribution in [3.05, 3.63) is 54.1 Å². The van der Waals surface area contributed by atoms with Crippen LogP contribution in [0.25, 0.3) is 0 Å². The topological polar surface area (TPSA) is 67.9 Å². The lowest BCUT2D eigenvalue weighted by molar-refractivity contribution is -0.144. The van der Waals surface area contributed by atoms with Crippen molar-refractivity contribution in [2.45, 2.75) is 39.3 Å². The van der Waals surface area contributed by atoms with E-state index in [4.69, 9.17) is 9.47 Å². The summed E-state index contributed by atoms with van der Waals surface area (Å²) >= 11 is 0. The molecule has 1 fully saturated rings. The van der Waals surface area contributed by atoms with Gasteiger partial charge in [-0.15, -0.1) is 0 Å². The first-order chi connectivity index (χ1) is 13.9. The Balaban J connectivity index is 1.76. The third-order valence-corrected chi connectivity index (χ3v) is 5.32. The minimum absolute atomic E-state index is 0.00550. The standard InChI is InChI=1S/C23H28N2O4/c1-16(2)25(15-17-8-6-5-7-9-17)22(27)23(12-13-23)21(26)24-18-10-11-19(28-3)20(14-18)29-4/h5-11,14,16H,12-13,15H2,1-4H3,(H,24,26). The number of nitrogens with one attached hydrogen (secondary N) is 1. The number of hydrogen-bond acceptors (Lipinski definition) is 4. The number of nitrogens with zero attached hydrogens (tertiary/aromatic N) is 1. The van der Waals surface area contributed by atoms with Gasteiger partial charge in [0.2, 0.25) is 11.8 Å². The van der Waals surface area contributed by atoms with E-state index in [1.165, 1.54) is 0 Å². The maximum atomic E-state index is 13.3. The molecule has 0 aliphatic heterocycles. The van der Waals surface area contributed by atoms with Gasteiger partial charge < -0.3 is 19.7 Å². The van der Waals surface area contributed by atoms with Gasteiger partial charge in [-0.2, -0.15) is 0 Å². The van der Waals surface area contributed by atoms with Crippen molar-refractivity contribution in [2.75, 3.05) is 19.5 Å². The quantitative estimate of drug-likeness (QED) is 0.688. The van der Waals surface area contributed by atoms with Crippen molar-refractivity contribution in [1.29, 1.82) is 0 Å². The molecule has 1 saturated carbocycles. The largest absolute Gasteiger partial charge is 0.493 e. The molecule has 29 heavy (non-hydrogen) atoms. The molecule has 1 aliphatic rings. The fourth-order valence-electron chi connectivity index (χ4n) is 3.37. The van der Waals surface area contributed by atoms with Crippen LogP contribution in [0.3, 0.4) is 0 Å². The van der Waals surface area contributed by atoms with Crippen LogP contribution in [-0.2, 0) is 16.1 Å². The highest BCUT2D eigenvalue weighted by Crippen LogP contribution is 2.49. The van der Waals surface area contributed by atoms with Crippen molar-refractivity contribution in [3.8, 4) is 11.5 Å². The van der Waals surface area contributed by atoms with Crippen molar-refractivity contribution in [1.82, 2.24) is 4.90 Å². The third kappa shape index (κ3) is 4.36. The highest BCUT2D eigenvalue weighted by atomic mass is 16.5. The second-order valence-corrected chi connectivity index (χ2v) is 7.62. The Morgan fingerprint density at radius 1 is 1.03 bits per heavy atom. The van der Waals surface area contributed by atoms with Crippen LogP contribution in [0.4, 0.5) is 5.69 Å². The first-order valence-corrected chi connectivity index (χ1v) is 9.80. The molecule has 0 bridgehead atoms. The van der Waals surface area contributed by atoms with Crippen LogP contribution in [0.5, 0.6) is 11.5 Å². The molecule has 0 spiro atoms. The number of methoxy groups -OCH3 is 2. The van der Waals surface area contributed by atoms with Gasteiger partial charge in [0, 0.05) is 24.3 Å². The lowest BCUT2D eigenvalue weighted by Crippen LogP contribution is -2.45. The number of carbonyl (C=O) groups excluding carboxylic acids is 2. The lowest BCUT2D eigenvalue weighted by Gasteiger charge is -2.30. The number of amides is 2. The van der Waals surface area contributed by atoms with E-state index in [9.17, 15) is 9.59 Å². The predicted octanol–water partition coefficient (Wildman–Crippen LogP) is 3.86. The fourth-order valence-corrected chi connectivity index (χ4v) is 3.37. The summed E-state index contributed by atoms with van der Waals surface area (Å²) in [7, 11) is 3.10. The SMILES string of the molecule is COc1ccc(NC(=O)C2(C(=O)N(Cc3ccccc3)C(C)C)CC2)cc1OC. The summed E-state index contributed by atoms with van der Waals surface area (Å²) in [5, 5.41) is 2.89. The number of ether oxygens (including phenoxy) is 2. The Labute approximate surface area is 171 Å². The molecule has 2 aromatic carbocycles. The Morgan fingerprint density at radius 3 is 2.24 bits per heavy atom. The fraction of sp³-hybridized carbons (Fsp3) is 0.391. The monoisotopic (exact) mass is 396 g/mol. The van der Waals surface area contributed by atoms with E-state index in [2.05, 4.69) is 5.32 Å². The molecule has 0 saturated heterocycles. The first-order valence-electron chi connectivity index (χ1n) is 9.80. The molecule has 6 heteroatoms. The summed E-state index contributed by atoms with van der Waals surface area (Å²) in [6.07, 6.45) is 1.12. The van der Waals surface area contributed by atoms with E-state index in [1.807, 2.05) is 44.2 Å². The minimum atomic E-state index is -0.994. The summed E-state index contributed by atoms with van der Waals surface area (Å²) in [5.74, 6) is 0.716. The summed E-state index contributed by atoms with van der Waals surface area (Å²) < 4.78 is 10.5. The minimum Gasteiger partial charge on any atom is -0.493 e. The highest BCUT2D eigenvalue weighted by molar-refractivity contribution is 6.13. The molecule has 2 aromatic rings. The molecule has 2 amide bonds. The van der Waals surface area contributed by atoms with Crippen molar-refractivity contribution >= 4 is 17.5 Å². The second-order valence-electron chi connectivity index (χ2n) is 7.62. The predicted molar refractivity (Wildman–Crippen MR) is 112 cm³/mol. The molecule has 6 nitrogen and oxygen atoms in total. The first kappa shape index (κ1) is 20.7. The number of benzene rings is 2. The number of anilines is 1. The van der Waals surface area contributed by atoms with Gasteiger partial charge >= 0.3 is 0 Å². The number of hydrogen-bond donors (Lipinski definition) is 1. The molecule has 154 valence electrons. The summed E-state index contributed by atoms with van der Waals surface area (Å²) in [6, 6.07) is 15.0. The molecule has 0 heterocycles. The van der Waals surface area contributed by atoms with E-state index in [1.54, 1.807) is 37.3 Å². The van der Waals surface area contributed by atoms with Crippen LogP contribution in [0, 0.1) is 5.41 Å². The van der Waals surface area contributed by atoms with Crippen molar-refractivity contribution < 1.29 is 19.1 Å². The molecule has 1 aliphatic carbocycles. The van der Waals surface area contributed by atoms with Crippen LogP contribution in [-0.4, -0.2) is 37.0 Å². The molecule has 1 N–H and O–H groups in total. The Bertz CT molecular complexity index is 876. The van der Waals surface area contributed by atoms with Crippen molar-refractivity contribution in [3.63, 3.8) is 0 Å². The Kier molecular flexibility index (Phi) is 6.11. The average molecular weight is 396 g/mol. The van der Waals surface area contributed by atoms with Gasteiger partial charge in [0.15, 0.2) is 11.5 Å². The van der Waals surface area contributed by atoms with Gasteiger partial charge in [-0.05, 0) is 44.4 Å². The number of carbonyl (C=O) groups is 2. The molecule has 3 rings (SSSR count). The zero-order valence-electron chi connectivity index (χ0n) is 17.4. The lowest BCUT2D eigenvalue weighted by atomic mass is 10.0. The second kappa shape index (κ2) is 8.55. The maximum Gasteiger partial charge on any atom is 0.240 e. The van der Waals surface area contributed by atoms with E-state index in [0.29, 0.717) is 36.6 Å². The summed E-state index contributed by atoms with van der Waals surface area (Å²) in [4.78, 5) is 28.2. The normalized spacial score (nSPS) is 14.2. The van der Waals surface area contributed by atoms with Crippen LogP contribution >= 0.6 is 0 Å². The molecule has 0 unspecified atom stereocenters. The van der Waals surface area contributed by atoms with Crippen molar-refractivity contribution in [2.24, 2.45) is 5.41 Å². The van der Waals surface area contributed by atoms with E-state index >= 15 is 0 Å². The average Bonchev–Trinajstić information content (AvgIpc) is 3.54. The smallest absolute Gasteiger partial charge is 0.240 e. The maximum absolute atomic E-state index is 13.3. The van der Waals surface area contributed by atoms with Gasteiger partial charge in [0.1, 0.15) is 5.41 Å². The van der Waals surface area contributed by atoms with Gasteiger partial charge in [-0.3, -0.25) is 9.59 Å². The van der Waals surface area contributed by atoms with Crippen LogP contribution < -0.4 is 14.8 Å². The van der Waals surface area contributed by atoms with Gasteiger partial charge in [-0.25, -0.2) is 0 Å². The van der Waals surface area contributed by atoms with Gasteiger partial charge in [-0.1, -0.05) is 30.3 Å². The Morgan fingerprint density at radius 2 is 1.69 bits per heavy atom. The van der Waals surface area contributed by atoms with Gasteiger partial charge in [0.05, 0.1) is 14.2 Å². The molecular weight excluding hydrogens is 368 g/mol. The van der Waals surface area contributed by atoms with E-state index in [-0.39, 0.29) is 17.9 Å². The van der Waals surface area contributed by atoms with Crippen LogP contribution in [0.1, 0.15) is 32.3 Å². The number of rotatable bonds is 8. The molecule has 0 atom stereocenters. The molecular formula is C23H28N2O4. The van der Waals surface area contributed by atoms with Gasteiger partial charge in [0.25, 0.3) is 0 Å². The van der Waals surface area contributed by atoms with Crippen LogP contribution in [0.15, 0.2) is 48.5 Å². The van der Waals surface area contributed by atoms with E-state index < -0.39 is 5.41 Å². The highest BCUT2D eigenvalue weighted by Gasteiger charge is 2.58. The zero-order valence-corrected chi connectivity index (χ0v) is 17.4. The summed E-state index contributed by atoms with van der Waals surface area (Å²) in [6.45, 7) is 4.44. The Hall–Kier alpha value is -3.02. The molecule has 0 radical (unpaired) electrons. The van der Waals surface area contributed by atoms with E-state index in [0.717, 1.165) is 5.56 Å². The zero-order chi connectivity index (χ0) is 21.0. The summed E-state index contributed by atoms with van der Waals surface area (Å²) in [5.41, 5.74) is 0.628. The molecule has 0 aromatic heterocycles. The third-order valence-electron chi connectivity index (χ3n) is 5.32. The van der Waals surface area contributed by atoms with Crippen LogP contribution in [0.2, 0.25) is 0 Å².